The monoisotopic (exact) mass is 408 g/mol. The van der Waals surface area contributed by atoms with Crippen LogP contribution in [0.5, 0.6) is 5.75 Å². The first-order valence-corrected chi connectivity index (χ1v) is 9.80. The molecule has 0 atom stereocenters. The van der Waals surface area contributed by atoms with Crippen molar-refractivity contribution in [2.45, 2.75) is 46.5 Å². The number of hydrogen-bond donors (Lipinski definition) is 1. The van der Waals surface area contributed by atoms with Crippen LogP contribution in [-0.4, -0.2) is 51.3 Å². The molecule has 0 heterocycles. The predicted octanol–water partition coefficient (Wildman–Crippen LogP) is 3.15. The Morgan fingerprint density at radius 3 is 1.90 bits per heavy atom. The van der Waals surface area contributed by atoms with Gasteiger partial charge < -0.3 is 24.4 Å². The highest BCUT2D eigenvalue weighted by atomic mass is 16.5. The second-order valence-corrected chi connectivity index (χ2v) is 6.65. The van der Waals surface area contributed by atoms with Gasteiger partial charge in [-0.25, -0.2) is 0 Å². The fourth-order valence-electron chi connectivity index (χ4n) is 2.81. The molecule has 0 spiro atoms. The van der Waals surface area contributed by atoms with Gasteiger partial charge in [0.05, 0.1) is 26.0 Å². The van der Waals surface area contributed by atoms with Gasteiger partial charge in [-0.05, 0) is 43.9 Å². The molecule has 1 aromatic rings. The van der Waals surface area contributed by atoms with Gasteiger partial charge in [-0.2, -0.15) is 0 Å². The van der Waals surface area contributed by atoms with Crippen molar-refractivity contribution in [1.82, 2.24) is 0 Å². The maximum absolute atomic E-state index is 11.4. The van der Waals surface area contributed by atoms with Gasteiger partial charge in [0.1, 0.15) is 5.75 Å². The molecule has 0 aliphatic rings. The number of methoxy groups -OCH3 is 1. The van der Waals surface area contributed by atoms with Crippen molar-refractivity contribution in [1.29, 1.82) is 0 Å². The number of unbranched alkanes of at least 4 members (excludes halogenated alkanes) is 2. The zero-order valence-corrected chi connectivity index (χ0v) is 17.8. The molecule has 1 rings (SSSR count). The van der Waals surface area contributed by atoms with E-state index in [0.717, 1.165) is 44.5 Å². The number of carbonyl (C=O) groups excluding carboxylic acids is 3. The van der Waals surface area contributed by atoms with Crippen LogP contribution in [-0.2, 0) is 23.9 Å². The molecule has 0 aliphatic carbocycles. The quantitative estimate of drug-likeness (QED) is 0.396. The zero-order valence-electron chi connectivity index (χ0n) is 17.8. The number of benzene rings is 1. The molecule has 29 heavy (non-hydrogen) atoms. The summed E-state index contributed by atoms with van der Waals surface area (Å²) in [6, 6.07) is 5.51. The van der Waals surface area contributed by atoms with Crippen LogP contribution in [0.2, 0.25) is 0 Å². The Hall–Kier alpha value is -2.77. The number of amides is 1. The number of anilines is 2. The highest BCUT2D eigenvalue weighted by molar-refractivity contribution is 5.89. The molecule has 0 saturated carbocycles. The number of carbonyl (C=O) groups is 3. The lowest BCUT2D eigenvalue weighted by molar-refractivity contribution is -0.142. The summed E-state index contributed by atoms with van der Waals surface area (Å²) in [4.78, 5) is 35.4. The molecule has 0 aliphatic heterocycles. The lowest BCUT2D eigenvalue weighted by Crippen LogP contribution is -2.27. The topological polar surface area (TPSA) is 94.2 Å². The summed E-state index contributed by atoms with van der Waals surface area (Å²) in [5.41, 5.74) is 1.57. The third kappa shape index (κ3) is 10.4. The smallest absolute Gasteiger partial charge is 0.302 e. The average Bonchev–Trinajstić information content (AvgIpc) is 2.65. The minimum atomic E-state index is -0.281. The van der Waals surface area contributed by atoms with Crippen molar-refractivity contribution < 1.29 is 28.6 Å². The molecule has 1 amide bonds. The van der Waals surface area contributed by atoms with Gasteiger partial charge in [0, 0.05) is 39.5 Å². The lowest BCUT2D eigenvalue weighted by atomic mass is 10.2. The van der Waals surface area contributed by atoms with Crippen molar-refractivity contribution in [2.24, 2.45) is 0 Å². The standard InChI is InChI=1S/C21H32N2O6/c1-16(24)22-19-9-10-21(27-4)20(15-19)23(11-5-7-13-28-17(2)25)12-6-8-14-29-18(3)26/h9-10,15H,5-8,11-14H2,1-4H3,(H,22,24). The summed E-state index contributed by atoms with van der Waals surface area (Å²) in [6.07, 6.45) is 3.14. The number of esters is 2. The Morgan fingerprint density at radius 1 is 0.897 bits per heavy atom. The van der Waals surface area contributed by atoms with Crippen molar-refractivity contribution in [2.75, 3.05) is 43.6 Å². The largest absolute Gasteiger partial charge is 0.495 e. The van der Waals surface area contributed by atoms with Crippen molar-refractivity contribution in [3.8, 4) is 5.75 Å². The predicted molar refractivity (Wildman–Crippen MR) is 111 cm³/mol. The Bertz CT molecular complexity index is 653. The van der Waals surface area contributed by atoms with Crippen LogP contribution in [0, 0.1) is 0 Å². The second-order valence-electron chi connectivity index (χ2n) is 6.65. The number of rotatable bonds is 13. The fraction of sp³-hybridized carbons (Fsp3) is 0.571. The Labute approximate surface area is 172 Å². The van der Waals surface area contributed by atoms with Gasteiger partial charge in [0.25, 0.3) is 0 Å². The third-order valence-electron chi connectivity index (χ3n) is 4.10. The first kappa shape index (κ1) is 24.3. The van der Waals surface area contributed by atoms with E-state index in [0.29, 0.717) is 24.7 Å². The van der Waals surface area contributed by atoms with Crippen LogP contribution in [0.1, 0.15) is 46.5 Å². The average molecular weight is 408 g/mol. The number of hydrogen-bond acceptors (Lipinski definition) is 7. The van der Waals surface area contributed by atoms with Crippen LogP contribution < -0.4 is 15.0 Å². The molecule has 0 aromatic heterocycles. The summed E-state index contributed by atoms with van der Waals surface area (Å²) < 4.78 is 15.5. The SMILES string of the molecule is COc1ccc(NC(C)=O)cc1N(CCCCOC(C)=O)CCCCOC(C)=O. The van der Waals surface area contributed by atoms with Gasteiger partial charge in [-0.1, -0.05) is 0 Å². The summed E-state index contributed by atoms with van der Waals surface area (Å²) in [6.45, 7) is 6.49. The fourth-order valence-corrected chi connectivity index (χ4v) is 2.81. The zero-order chi connectivity index (χ0) is 21.6. The van der Waals surface area contributed by atoms with E-state index in [-0.39, 0.29) is 17.8 Å². The normalized spacial score (nSPS) is 10.2. The Kier molecular flexibility index (Phi) is 11.2. The third-order valence-corrected chi connectivity index (χ3v) is 4.10. The summed E-state index contributed by atoms with van der Waals surface area (Å²) in [5.74, 6) is 0.00325. The van der Waals surface area contributed by atoms with Crippen molar-refractivity contribution in [3.63, 3.8) is 0 Å². The highest BCUT2D eigenvalue weighted by Crippen LogP contribution is 2.32. The molecule has 162 valence electrons. The van der Waals surface area contributed by atoms with Crippen LogP contribution >= 0.6 is 0 Å². The maximum Gasteiger partial charge on any atom is 0.302 e. The molecule has 0 unspecified atom stereocenters. The van der Waals surface area contributed by atoms with Gasteiger partial charge in [-0.3, -0.25) is 14.4 Å². The second kappa shape index (κ2) is 13.4. The van der Waals surface area contributed by atoms with E-state index in [2.05, 4.69) is 10.2 Å². The number of nitrogens with zero attached hydrogens (tertiary/aromatic N) is 1. The van der Waals surface area contributed by atoms with E-state index in [1.165, 1.54) is 20.8 Å². The van der Waals surface area contributed by atoms with Crippen molar-refractivity contribution >= 4 is 29.2 Å². The molecule has 0 saturated heterocycles. The highest BCUT2D eigenvalue weighted by Gasteiger charge is 2.14. The lowest BCUT2D eigenvalue weighted by Gasteiger charge is -2.27. The number of nitrogens with one attached hydrogen (secondary N) is 1. The van der Waals surface area contributed by atoms with Gasteiger partial charge in [-0.15, -0.1) is 0 Å². The minimum absolute atomic E-state index is 0.143. The van der Waals surface area contributed by atoms with Crippen LogP contribution in [0.25, 0.3) is 0 Å². The van der Waals surface area contributed by atoms with E-state index in [9.17, 15) is 14.4 Å². The summed E-state index contributed by atoms with van der Waals surface area (Å²) >= 11 is 0. The van der Waals surface area contributed by atoms with Gasteiger partial charge in [0.15, 0.2) is 0 Å². The summed E-state index contributed by atoms with van der Waals surface area (Å²) in [7, 11) is 1.61. The molecular formula is C21H32N2O6. The molecule has 8 nitrogen and oxygen atoms in total. The van der Waals surface area contributed by atoms with Crippen LogP contribution in [0.15, 0.2) is 18.2 Å². The molecule has 0 radical (unpaired) electrons. The maximum atomic E-state index is 11.4. The van der Waals surface area contributed by atoms with Gasteiger partial charge in [0.2, 0.25) is 5.91 Å². The Morgan fingerprint density at radius 2 is 1.45 bits per heavy atom. The molecule has 8 heteroatoms. The number of ether oxygens (including phenoxy) is 3. The van der Waals surface area contributed by atoms with E-state index in [1.807, 2.05) is 12.1 Å². The molecule has 0 bridgehead atoms. The van der Waals surface area contributed by atoms with E-state index in [4.69, 9.17) is 14.2 Å². The first-order chi connectivity index (χ1) is 13.8. The Balaban J connectivity index is 2.82. The molecule has 0 fully saturated rings. The first-order valence-electron chi connectivity index (χ1n) is 9.80. The molecule has 1 aromatic carbocycles. The summed E-state index contributed by atoms with van der Waals surface area (Å²) in [5, 5.41) is 2.79. The molecule has 1 N–H and O–H groups in total. The van der Waals surface area contributed by atoms with E-state index >= 15 is 0 Å². The van der Waals surface area contributed by atoms with Gasteiger partial charge >= 0.3 is 11.9 Å². The van der Waals surface area contributed by atoms with E-state index < -0.39 is 0 Å². The minimum Gasteiger partial charge on any atom is -0.495 e. The van der Waals surface area contributed by atoms with Crippen LogP contribution in [0.3, 0.4) is 0 Å². The molecular weight excluding hydrogens is 376 g/mol. The van der Waals surface area contributed by atoms with Crippen LogP contribution in [0.4, 0.5) is 11.4 Å². The van der Waals surface area contributed by atoms with E-state index in [1.54, 1.807) is 13.2 Å². The van der Waals surface area contributed by atoms with Crippen molar-refractivity contribution in [3.05, 3.63) is 18.2 Å².